The molecule has 0 saturated heterocycles. The minimum Gasteiger partial charge on any atom is -0.489 e. The molecule has 46 valence electrons. The zero-order chi connectivity index (χ0) is 6.10. The molecule has 0 unspecified atom stereocenters. The first-order valence-electron chi connectivity index (χ1n) is 3.03. The third-order valence-electron chi connectivity index (χ3n) is 1.39. The molecule has 0 N–H and O–H groups in total. The van der Waals surface area contributed by atoms with Crippen molar-refractivity contribution in [3.05, 3.63) is 24.0 Å². The molecule has 0 aromatic heterocycles. The van der Waals surface area contributed by atoms with E-state index in [2.05, 4.69) is 4.99 Å². The van der Waals surface area contributed by atoms with Crippen LogP contribution in [0.15, 0.2) is 29.0 Å². The maximum atomic E-state index is 5.27. The fourth-order valence-corrected chi connectivity index (χ4v) is 0.969. The Labute approximate surface area is 53.5 Å². The van der Waals surface area contributed by atoms with Crippen molar-refractivity contribution >= 4 is 5.71 Å². The highest BCUT2D eigenvalue weighted by atomic mass is 16.5. The van der Waals surface area contributed by atoms with Crippen molar-refractivity contribution in [3.63, 3.8) is 0 Å². The van der Waals surface area contributed by atoms with Crippen molar-refractivity contribution in [2.24, 2.45) is 4.99 Å². The number of ether oxygens (including phenoxy) is 1. The molecule has 0 atom stereocenters. The van der Waals surface area contributed by atoms with Crippen LogP contribution in [0.1, 0.15) is 0 Å². The Morgan fingerprint density at radius 1 is 1.56 bits per heavy atom. The van der Waals surface area contributed by atoms with E-state index in [9.17, 15) is 0 Å². The first-order chi connectivity index (χ1) is 4.47. The Bertz CT molecular complexity index is 213. The van der Waals surface area contributed by atoms with E-state index in [4.69, 9.17) is 4.74 Å². The Kier molecular flexibility index (Phi) is 0.918. The predicted molar refractivity (Wildman–Crippen MR) is 35.5 cm³/mol. The first kappa shape index (κ1) is 4.79. The Balaban J connectivity index is 2.38. The van der Waals surface area contributed by atoms with Crippen LogP contribution in [0.4, 0.5) is 0 Å². The molecule has 0 bridgehead atoms. The smallest absolute Gasteiger partial charge is 0.144 e. The molecule has 9 heavy (non-hydrogen) atoms. The Morgan fingerprint density at radius 2 is 2.56 bits per heavy atom. The summed E-state index contributed by atoms with van der Waals surface area (Å²) in [7, 11) is 0. The molecular weight excluding hydrogens is 114 g/mol. The number of hydrogen-bond donors (Lipinski definition) is 0. The second-order valence-electron chi connectivity index (χ2n) is 2.01. The van der Waals surface area contributed by atoms with Gasteiger partial charge in [-0.3, -0.25) is 4.99 Å². The van der Waals surface area contributed by atoms with Crippen molar-refractivity contribution in [2.75, 3.05) is 13.2 Å². The summed E-state index contributed by atoms with van der Waals surface area (Å²) in [6.07, 6.45) is 5.87. The highest BCUT2D eigenvalue weighted by Crippen LogP contribution is 2.12. The SMILES string of the molecule is C1=CC2=NCCOC2=C1. The molecule has 2 nitrogen and oxygen atoms in total. The van der Waals surface area contributed by atoms with Crippen molar-refractivity contribution in [2.45, 2.75) is 0 Å². The molecule has 0 saturated carbocycles. The van der Waals surface area contributed by atoms with E-state index in [0.717, 1.165) is 24.6 Å². The van der Waals surface area contributed by atoms with E-state index in [0.29, 0.717) is 0 Å². The summed E-state index contributed by atoms with van der Waals surface area (Å²) < 4.78 is 5.27. The van der Waals surface area contributed by atoms with Crippen LogP contribution >= 0.6 is 0 Å². The number of fused-ring (bicyclic) bond motifs is 1. The predicted octanol–water partition coefficient (Wildman–Crippen LogP) is 0.911. The summed E-state index contributed by atoms with van der Waals surface area (Å²) in [5, 5.41) is 0. The van der Waals surface area contributed by atoms with Crippen LogP contribution in [0, 0.1) is 0 Å². The lowest BCUT2D eigenvalue weighted by Gasteiger charge is -2.11. The highest BCUT2D eigenvalue weighted by molar-refractivity contribution is 6.09. The van der Waals surface area contributed by atoms with Gasteiger partial charge in [0.2, 0.25) is 0 Å². The minimum atomic E-state index is 0.733. The Morgan fingerprint density at radius 3 is 3.44 bits per heavy atom. The fourth-order valence-electron chi connectivity index (χ4n) is 0.969. The van der Waals surface area contributed by atoms with Gasteiger partial charge in [0.1, 0.15) is 12.4 Å². The van der Waals surface area contributed by atoms with Crippen molar-refractivity contribution in [3.8, 4) is 0 Å². The number of aliphatic imine (C=N–C) groups is 1. The molecular formula is C7H7NO. The average molecular weight is 121 g/mol. The molecule has 0 fully saturated rings. The lowest BCUT2D eigenvalue weighted by molar-refractivity contribution is 0.233. The zero-order valence-electron chi connectivity index (χ0n) is 5.00. The van der Waals surface area contributed by atoms with Gasteiger partial charge in [0, 0.05) is 0 Å². The number of hydrogen-bond acceptors (Lipinski definition) is 2. The van der Waals surface area contributed by atoms with Gasteiger partial charge in [-0.05, 0) is 12.2 Å². The molecule has 1 aliphatic carbocycles. The third kappa shape index (κ3) is 0.669. The summed E-state index contributed by atoms with van der Waals surface area (Å²) in [5.74, 6) is 0.932. The van der Waals surface area contributed by atoms with Crippen LogP contribution < -0.4 is 0 Å². The molecule has 2 aliphatic rings. The van der Waals surface area contributed by atoms with Crippen molar-refractivity contribution in [1.82, 2.24) is 0 Å². The van der Waals surface area contributed by atoms with Gasteiger partial charge in [0.05, 0.1) is 12.3 Å². The van der Waals surface area contributed by atoms with E-state index < -0.39 is 0 Å². The molecule has 0 spiro atoms. The second-order valence-corrected chi connectivity index (χ2v) is 2.01. The van der Waals surface area contributed by atoms with Gasteiger partial charge < -0.3 is 4.74 Å². The standard InChI is InChI=1S/C7H7NO/c1-2-6-7(3-1)9-5-4-8-6/h1-3H,4-5H2. The maximum absolute atomic E-state index is 5.27. The topological polar surface area (TPSA) is 21.6 Å². The van der Waals surface area contributed by atoms with E-state index in [-0.39, 0.29) is 0 Å². The average Bonchev–Trinajstić information content (AvgIpc) is 2.33. The summed E-state index contributed by atoms with van der Waals surface area (Å²) in [5.41, 5.74) is 1.00. The van der Waals surface area contributed by atoms with E-state index in [1.54, 1.807) is 0 Å². The summed E-state index contributed by atoms with van der Waals surface area (Å²) in [4.78, 5) is 4.23. The number of nitrogens with zero attached hydrogens (tertiary/aromatic N) is 1. The van der Waals surface area contributed by atoms with Crippen molar-refractivity contribution < 1.29 is 4.74 Å². The molecule has 0 amide bonds. The highest BCUT2D eigenvalue weighted by Gasteiger charge is 2.11. The van der Waals surface area contributed by atoms with Crippen molar-refractivity contribution in [1.29, 1.82) is 0 Å². The lowest BCUT2D eigenvalue weighted by Crippen LogP contribution is -2.11. The van der Waals surface area contributed by atoms with E-state index in [1.807, 2.05) is 18.2 Å². The van der Waals surface area contributed by atoms with Crippen LogP contribution in [0.2, 0.25) is 0 Å². The zero-order valence-corrected chi connectivity index (χ0v) is 5.00. The molecule has 1 aliphatic heterocycles. The van der Waals surface area contributed by atoms with Gasteiger partial charge in [-0.15, -0.1) is 0 Å². The van der Waals surface area contributed by atoms with Crippen LogP contribution in [0.5, 0.6) is 0 Å². The normalized spacial score (nSPS) is 22.2. The first-order valence-corrected chi connectivity index (χ1v) is 3.03. The van der Waals surface area contributed by atoms with Crippen LogP contribution in [0.25, 0.3) is 0 Å². The van der Waals surface area contributed by atoms with Crippen LogP contribution in [0.3, 0.4) is 0 Å². The van der Waals surface area contributed by atoms with Gasteiger partial charge in [0.25, 0.3) is 0 Å². The molecule has 1 heterocycles. The molecule has 0 aromatic rings. The van der Waals surface area contributed by atoms with Gasteiger partial charge in [-0.2, -0.15) is 0 Å². The van der Waals surface area contributed by atoms with Crippen LogP contribution in [-0.4, -0.2) is 18.9 Å². The Hall–Kier alpha value is -1.05. The van der Waals surface area contributed by atoms with Gasteiger partial charge in [0.15, 0.2) is 0 Å². The van der Waals surface area contributed by atoms with Crippen LogP contribution in [-0.2, 0) is 4.74 Å². The van der Waals surface area contributed by atoms with E-state index in [1.165, 1.54) is 0 Å². The summed E-state index contributed by atoms with van der Waals surface area (Å²) in [6.45, 7) is 1.54. The van der Waals surface area contributed by atoms with E-state index >= 15 is 0 Å². The summed E-state index contributed by atoms with van der Waals surface area (Å²) in [6, 6.07) is 0. The fraction of sp³-hybridized carbons (Fsp3) is 0.286. The maximum Gasteiger partial charge on any atom is 0.144 e. The molecule has 2 heteroatoms. The number of rotatable bonds is 0. The largest absolute Gasteiger partial charge is 0.489 e. The second kappa shape index (κ2) is 1.72. The molecule has 0 aromatic carbocycles. The van der Waals surface area contributed by atoms with Gasteiger partial charge >= 0.3 is 0 Å². The number of allylic oxidation sites excluding steroid dienone is 3. The third-order valence-corrected chi connectivity index (χ3v) is 1.39. The summed E-state index contributed by atoms with van der Waals surface area (Å²) >= 11 is 0. The molecule has 0 radical (unpaired) electrons. The minimum absolute atomic E-state index is 0.733. The lowest BCUT2D eigenvalue weighted by atomic mass is 10.3. The quantitative estimate of drug-likeness (QED) is 0.467. The monoisotopic (exact) mass is 121 g/mol. The van der Waals surface area contributed by atoms with Gasteiger partial charge in [-0.25, -0.2) is 0 Å². The van der Waals surface area contributed by atoms with Gasteiger partial charge in [-0.1, -0.05) is 6.08 Å². The molecule has 2 rings (SSSR count).